The minimum atomic E-state index is -0.328. The third-order valence-corrected chi connectivity index (χ3v) is 3.28. The number of hydrogen-bond acceptors (Lipinski definition) is 6. The molecule has 19 heavy (non-hydrogen) atoms. The van der Waals surface area contributed by atoms with Gasteiger partial charge >= 0.3 is 0 Å². The molecule has 0 unspecified atom stereocenters. The van der Waals surface area contributed by atoms with Crippen molar-refractivity contribution in [3.63, 3.8) is 0 Å². The first-order chi connectivity index (χ1) is 9.24. The second kappa shape index (κ2) is 4.62. The highest BCUT2D eigenvalue weighted by Gasteiger charge is 2.13. The first-order valence-electron chi connectivity index (χ1n) is 5.48. The Morgan fingerprint density at radius 1 is 1.21 bits per heavy atom. The molecule has 0 radical (unpaired) electrons. The van der Waals surface area contributed by atoms with Crippen LogP contribution in [0.5, 0.6) is 0 Å². The highest BCUT2D eigenvalue weighted by atomic mass is 32.1. The van der Waals surface area contributed by atoms with E-state index in [-0.39, 0.29) is 16.0 Å². The molecule has 0 bridgehead atoms. The Hall–Kier alpha value is -2.54. The van der Waals surface area contributed by atoms with Gasteiger partial charge in [0.05, 0.1) is 11.2 Å². The molecule has 3 rings (SSSR count). The van der Waals surface area contributed by atoms with E-state index in [2.05, 4.69) is 20.5 Å². The maximum absolute atomic E-state index is 12.0. The molecule has 0 atom stereocenters. The highest BCUT2D eigenvalue weighted by Crippen LogP contribution is 2.22. The number of carbonyl (C=O) groups is 1. The van der Waals surface area contributed by atoms with Gasteiger partial charge in [0.2, 0.25) is 10.1 Å². The lowest BCUT2D eigenvalue weighted by Gasteiger charge is -2.06. The van der Waals surface area contributed by atoms with Crippen molar-refractivity contribution in [2.24, 2.45) is 0 Å². The quantitative estimate of drug-likeness (QED) is 0.742. The van der Waals surface area contributed by atoms with Gasteiger partial charge in [0.1, 0.15) is 0 Å². The molecule has 0 spiro atoms. The number of fused-ring (bicyclic) bond motifs is 1. The Labute approximate surface area is 112 Å². The van der Waals surface area contributed by atoms with Crippen LogP contribution in [-0.4, -0.2) is 21.1 Å². The lowest BCUT2D eigenvalue weighted by molar-refractivity contribution is 0.102. The van der Waals surface area contributed by atoms with Gasteiger partial charge in [0.25, 0.3) is 5.91 Å². The predicted octanol–water partition coefficient (Wildman–Crippen LogP) is 1.92. The fourth-order valence-corrected chi connectivity index (χ4v) is 2.22. The summed E-state index contributed by atoms with van der Waals surface area (Å²) in [5.41, 5.74) is 6.96. The second-order valence-electron chi connectivity index (χ2n) is 3.78. The van der Waals surface area contributed by atoms with Crippen molar-refractivity contribution in [3.05, 3.63) is 41.5 Å². The third-order valence-electron chi connectivity index (χ3n) is 2.53. The lowest BCUT2D eigenvalue weighted by Crippen LogP contribution is -2.11. The number of nitrogens with one attached hydrogen (secondary N) is 1. The highest BCUT2D eigenvalue weighted by molar-refractivity contribution is 7.17. The topological polar surface area (TPSA) is 93.8 Å². The van der Waals surface area contributed by atoms with E-state index in [0.717, 1.165) is 22.2 Å². The standard InChI is InChI=1S/C12H9N5OS/c13-12-17-16-11(19-12)10(18)15-9-5-1-4-8-7(9)3-2-6-14-8/h1-6H,(H2,13,17)(H,15,18). The SMILES string of the molecule is Nc1nnc(C(=O)Nc2cccc3ncccc23)s1. The average Bonchev–Trinajstić information content (AvgIpc) is 2.86. The van der Waals surface area contributed by atoms with Crippen molar-refractivity contribution >= 4 is 39.0 Å². The first kappa shape index (κ1) is 11.5. The number of amides is 1. The van der Waals surface area contributed by atoms with Crippen molar-refractivity contribution in [2.45, 2.75) is 0 Å². The van der Waals surface area contributed by atoms with Gasteiger partial charge in [0, 0.05) is 11.6 Å². The van der Waals surface area contributed by atoms with E-state index in [1.807, 2.05) is 30.3 Å². The molecule has 7 heteroatoms. The number of carbonyl (C=O) groups excluding carboxylic acids is 1. The minimum absolute atomic E-state index is 0.235. The molecule has 0 aliphatic heterocycles. The van der Waals surface area contributed by atoms with Crippen LogP contribution >= 0.6 is 11.3 Å². The number of benzene rings is 1. The number of nitrogens with two attached hydrogens (primary N) is 1. The Balaban J connectivity index is 1.95. The maximum Gasteiger partial charge on any atom is 0.286 e. The molecule has 0 saturated carbocycles. The molecule has 2 heterocycles. The summed E-state index contributed by atoms with van der Waals surface area (Å²) in [4.78, 5) is 16.2. The van der Waals surface area contributed by atoms with Gasteiger partial charge in [-0.3, -0.25) is 9.78 Å². The summed E-state index contributed by atoms with van der Waals surface area (Å²) in [6, 6.07) is 9.24. The summed E-state index contributed by atoms with van der Waals surface area (Å²) >= 11 is 1.05. The van der Waals surface area contributed by atoms with E-state index in [4.69, 9.17) is 5.73 Å². The van der Waals surface area contributed by atoms with Gasteiger partial charge in [-0.25, -0.2) is 0 Å². The van der Waals surface area contributed by atoms with Gasteiger partial charge in [-0.1, -0.05) is 17.4 Å². The van der Waals surface area contributed by atoms with Gasteiger partial charge in [-0.15, -0.1) is 10.2 Å². The smallest absolute Gasteiger partial charge is 0.286 e. The molecule has 0 saturated heterocycles. The average molecular weight is 271 g/mol. The van der Waals surface area contributed by atoms with E-state index in [1.54, 1.807) is 6.20 Å². The molecule has 3 aromatic rings. The molecule has 6 nitrogen and oxygen atoms in total. The Bertz CT molecular complexity index is 749. The number of pyridine rings is 1. The number of anilines is 2. The van der Waals surface area contributed by atoms with Crippen LogP contribution in [0, 0.1) is 0 Å². The zero-order valence-electron chi connectivity index (χ0n) is 9.70. The lowest BCUT2D eigenvalue weighted by atomic mass is 10.2. The Kier molecular flexibility index (Phi) is 2.81. The minimum Gasteiger partial charge on any atom is -0.374 e. The molecular weight excluding hydrogens is 262 g/mol. The van der Waals surface area contributed by atoms with E-state index in [0.29, 0.717) is 5.69 Å². The monoisotopic (exact) mass is 271 g/mol. The zero-order valence-corrected chi connectivity index (χ0v) is 10.5. The Morgan fingerprint density at radius 2 is 2.11 bits per heavy atom. The van der Waals surface area contributed by atoms with Gasteiger partial charge in [0.15, 0.2) is 0 Å². The summed E-state index contributed by atoms with van der Waals surface area (Å²) in [7, 11) is 0. The maximum atomic E-state index is 12.0. The van der Waals surface area contributed by atoms with Crippen molar-refractivity contribution < 1.29 is 4.79 Å². The van der Waals surface area contributed by atoms with Crippen LogP contribution in [0.1, 0.15) is 9.80 Å². The summed E-state index contributed by atoms with van der Waals surface area (Å²) < 4.78 is 0. The summed E-state index contributed by atoms with van der Waals surface area (Å²) in [6.45, 7) is 0. The van der Waals surface area contributed by atoms with Crippen LogP contribution < -0.4 is 11.1 Å². The molecule has 2 aromatic heterocycles. The molecule has 1 aromatic carbocycles. The zero-order chi connectivity index (χ0) is 13.2. The largest absolute Gasteiger partial charge is 0.374 e. The van der Waals surface area contributed by atoms with Gasteiger partial charge in [-0.2, -0.15) is 0 Å². The predicted molar refractivity (Wildman–Crippen MR) is 74.0 cm³/mol. The molecule has 94 valence electrons. The molecular formula is C12H9N5OS. The van der Waals surface area contributed by atoms with Crippen molar-refractivity contribution in [1.29, 1.82) is 0 Å². The van der Waals surface area contributed by atoms with Crippen LogP contribution in [0.3, 0.4) is 0 Å². The van der Waals surface area contributed by atoms with E-state index in [9.17, 15) is 4.79 Å². The summed E-state index contributed by atoms with van der Waals surface area (Å²) in [5, 5.41) is 11.5. The fraction of sp³-hybridized carbons (Fsp3) is 0. The van der Waals surface area contributed by atoms with Crippen molar-refractivity contribution in [2.75, 3.05) is 11.1 Å². The van der Waals surface area contributed by atoms with Crippen LogP contribution in [0.25, 0.3) is 10.9 Å². The normalized spacial score (nSPS) is 10.5. The second-order valence-corrected chi connectivity index (χ2v) is 4.78. The van der Waals surface area contributed by atoms with E-state index >= 15 is 0 Å². The first-order valence-corrected chi connectivity index (χ1v) is 6.30. The summed E-state index contributed by atoms with van der Waals surface area (Å²) in [6.07, 6.45) is 1.71. The van der Waals surface area contributed by atoms with Crippen LogP contribution in [0.2, 0.25) is 0 Å². The van der Waals surface area contributed by atoms with Crippen molar-refractivity contribution in [3.8, 4) is 0 Å². The van der Waals surface area contributed by atoms with E-state index < -0.39 is 0 Å². The van der Waals surface area contributed by atoms with Crippen LogP contribution in [0.15, 0.2) is 36.5 Å². The van der Waals surface area contributed by atoms with Crippen LogP contribution in [0.4, 0.5) is 10.8 Å². The van der Waals surface area contributed by atoms with Gasteiger partial charge < -0.3 is 11.1 Å². The van der Waals surface area contributed by atoms with Gasteiger partial charge in [-0.05, 0) is 24.3 Å². The molecule has 0 aliphatic rings. The molecule has 1 amide bonds. The van der Waals surface area contributed by atoms with Crippen LogP contribution in [-0.2, 0) is 0 Å². The number of nitrogens with zero attached hydrogens (tertiary/aromatic N) is 3. The molecule has 0 fully saturated rings. The van der Waals surface area contributed by atoms with Crippen molar-refractivity contribution in [1.82, 2.24) is 15.2 Å². The number of rotatable bonds is 2. The molecule has 0 aliphatic carbocycles. The number of aromatic nitrogens is 3. The summed E-state index contributed by atoms with van der Waals surface area (Å²) in [5.74, 6) is -0.328. The number of hydrogen-bond donors (Lipinski definition) is 2. The fourth-order valence-electron chi connectivity index (χ4n) is 1.71. The third kappa shape index (κ3) is 2.23. The van der Waals surface area contributed by atoms with E-state index in [1.165, 1.54) is 0 Å². The number of nitrogen functional groups attached to an aromatic ring is 1. The Morgan fingerprint density at radius 3 is 2.89 bits per heavy atom. The molecule has 3 N–H and O–H groups in total.